The number of benzene rings is 1. The molecule has 94 valence electrons. The Bertz CT molecular complexity index is 521. The van der Waals surface area contributed by atoms with Crippen molar-refractivity contribution in [3.05, 3.63) is 53.9 Å². The highest BCUT2D eigenvalue weighted by Crippen LogP contribution is 2.17. The van der Waals surface area contributed by atoms with Gasteiger partial charge in [0.1, 0.15) is 5.82 Å². The van der Waals surface area contributed by atoms with Crippen molar-refractivity contribution in [3.63, 3.8) is 0 Å². The predicted molar refractivity (Wildman–Crippen MR) is 65.9 cm³/mol. The topological polar surface area (TPSA) is 66.4 Å². The van der Waals surface area contributed by atoms with Gasteiger partial charge >= 0.3 is 5.97 Å². The van der Waals surface area contributed by atoms with Gasteiger partial charge in [-0.15, -0.1) is 0 Å². The summed E-state index contributed by atoms with van der Waals surface area (Å²) in [6.45, 7) is 1.79. The van der Waals surface area contributed by atoms with Gasteiger partial charge in [-0.05, 0) is 25.1 Å². The lowest BCUT2D eigenvalue weighted by atomic mass is 10.1. The maximum absolute atomic E-state index is 13.0. The van der Waals surface area contributed by atoms with Crippen LogP contribution in [-0.4, -0.2) is 17.0 Å². The van der Waals surface area contributed by atoms with Crippen LogP contribution in [0.3, 0.4) is 0 Å². The van der Waals surface area contributed by atoms with E-state index in [0.29, 0.717) is 0 Å². The molecule has 1 amide bonds. The summed E-state index contributed by atoms with van der Waals surface area (Å²) in [5.74, 6) is -2.38. The Morgan fingerprint density at radius 3 is 2.67 bits per heavy atom. The van der Waals surface area contributed by atoms with Crippen LogP contribution in [0.2, 0.25) is 0 Å². The highest BCUT2D eigenvalue weighted by Gasteiger charge is 2.12. The van der Waals surface area contributed by atoms with Crippen molar-refractivity contribution in [2.24, 2.45) is 0 Å². The van der Waals surface area contributed by atoms with Gasteiger partial charge in [-0.2, -0.15) is 0 Å². The number of allylic oxidation sites excluding steroid dienone is 3. The Morgan fingerprint density at radius 1 is 1.33 bits per heavy atom. The molecule has 0 aromatic heterocycles. The minimum Gasteiger partial charge on any atom is -0.478 e. The fraction of sp³-hybridized carbons (Fsp3) is 0.0769. The number of hydrogen-bond donors (Lipinski definition) is 2. The number of carbonyl (C=O) groups is 2. The zero-order valence-electron chi connectivity index (χ0n) is 9.68. The summed E-state index contributed by atoms with van der Waals surface area (Å²) >= 11 is 0. The van der Waals surface area contributed by atoms with E-state index in [4.69, 9.17) is 5.11 Å². The number of nitrogens with one attached hydrogen (secondary N) is 1. The maximum atomic E-state index is 13.0. The van der Waals surface area contributed by atoms with Crippen LogP contribution in [0.15, 0.2) is 42.5 Å². The first-order chi connectivity index (χ1) is 8.54. The molecule has 1 rings (SSSR count). The van der Waals surface area contributed by atoms with E-state index in [2.05, 4.69) is 5.32 Å². The summed E-state index contributed by atoms with van der Waals surface area (Å²) in [4.78, 5) is 22.3. The van der Waals surface area contributed by atoms with Crippen molar-refractivity contribution in [2.75, 3.05) is 5.32 Å². The molecule has 0 aliphatic carbocycles. The Labute approximate surface area is 103 Å². The van der Waals surface area contributed by atoms with Crippen LogP contribution in [0.4, 0.5) is 10.1 Å². The largest absolute Gasteiger partial charge is 0.478 e. The molecule has 5 heteroatoms. The van der Waals surface area contributed by atoms with Crippen LogP contribution in [0.25, 0.3) is 0 Å². The summed E-state index contributed by atoms with van der Waals surface area (Å²) in [5, 5.41) is 11.2. The zero-order chi connectivity index (χ0) is 13.5. The number of carboxylic acid groups (broad SMARTS) is 1. The van der Waals surface area contributed by atoms with Crippen molar-refractivity contribution >= 4 is 17.6 Å². The number of amides is 1. The monoisotopic (exact) mass is 249 g/mol. The molecule has 0 atom stereocenters. The van der Waals surface area contributed by atoms with E-state index in [-0.39, 0.29) is 11.3 Å². The summed E-state index contributed by atoms with van der Waals surface area (Å²) in [6.07, 6.45) is 6.09. The SMILES string of the molecule is C/C=C/C=C/C(=O)Nc1cc(F)ccc1C(=O)O. The summed E-state index contributed by atoms with van der Waals surface area (Å²) in [7, 11) is 0. The van der Waals surface area contributed by atoms with Gasteiger partial charge < -0.3 is 10.4 Å². The van der Waals surface area contributed by atoms with Gasteiger partial charge in [-0.1, -0.05) is 18.2 Å². The van der Waals surface area contributed by atoms with E-state index in [1.807, 2.05) is 0 Å². The first-order valence-corrected chi connectivity index (χ1v) is 5.17. The molecule has 18 heavy (non-hydrogen) atoms. The zero-order valence-corrected chi connectivity index (χ0v) is 9.68. The quantitative estimate of drug-likeness (QED) is 0.636. The van der Waals surface area contributed by atoms with Gasteiger partial charge in [-0.3, -0.25) is 4.79 Å². The molecule has 0 aliphatic heterocycles. The molecule has 1 aromatic carbocycles. The summed E-state index contributed by atoms with van der Waals surface area (Å²) in [5.41, 5.74) is -0.234. The third-order valence-corrected chi connectivity index (χ3v) is 2.02. The Kier molecular flexibility index (Phi) is 4.80. The fourth-order valence-electron chi connectivity index (χ4n) is 1.23. The van der Waals surface area contributed by atoms with Gasteiger partial charge in [0, 0.05) is 6.08 Å². The summed E-state index contributed by atoms with van der Waals surface area (Å²) in [6, 6.07) is 3.09. The van der Waals surface area contributed by atoms with Crippen molar-refractivity contribution in [3.8, 4) is 0 Å². The number of carbonyl (C=O) groups excluding carboxylic acids is 1. The molecule has 0 fully saturated rings. The van der Waals surface area contributed by atoms with Crippen molar-refractivity contribution < 1.29 is 19.1 Å². The number of anilines is 1. The van der Waals surface area contributed by atoms with Crippen molar-refractivity contribution in [1.29, 1.82) is 0 Å². The number of rotatable bonds is 4. The second-order valence-electron chi connectivity index (χ2n) is 3.37. The minimum atomic E-state index is -1.23. The fourth-order valence-corrected chi connectivity index (χ4v) is 1.23. The van der Waals surface area contributed by atoms with Crippen LogP contribution >= 0.6 is 0 Å². The molecule has 0 saturated heterocycles. The molecule has 4 nitrogen and oxygen atoms in total. The Balaban J connectivity index is 2.92. The normalized spacial score (nSPS) is 11.0. The minimum absolute atomic E-state index is 0.0716. The van der Waals surface area contributed by atoms with Crippen LogP contribution in [0.5, 0.6) is 0 Å². The van der Waals surface area contributed by atoms with E-state index in [1.165, 1.54) is 12.2 Å². The average Bonchev–Trinajstić information content (AvgIpc) is 2.29. The summed E-state index contributed by atoms with van der Waals surface area (Å²) < 4.78 is 13.0. The lowest BCUT2D eigenvalue weighted by Gasteiger charge is -2.06. The van der Waals surface area contributed by atoms with E-state index in [9.17, 15) is 14.0 Å². The van der Waals surface area contributed by atoms with Gasteiger partial charge in [0.15, 0.2) is 0 Å². The molecule has 0 unspecified atom stereocenters. The molecule has 0 saturated carbocycles. The number of halogens is 1. The van der Waals surface area contributed by atoms with Gasteiger partial charge in [0.05, 0.1) is 11.3 Å². The molecule has 0 heterocycles. The van der Waals surface area contributed by atoms with E-state index < -0.39 is 17.7 Å². The number of carboxylic acids is 1. The highest BCUT2D eigenvalue weighted by molar-refractivity contribution is 6.04. The third-order valence-electron chi connectivity index (χ3n) is 2.02. The molecule has 0 spiro atoms. The maximum Gasteiger partial charge on any atom is 0.337 e. The lowest BCUT2D eigenvalue weighted by molar-refractivity contribution is -0.111. The molecule has 0 bridgehead atoms. The molecular weight excluding hydrogens is 237 g/mol. The second kappa shape index (κ2) is 6.34. The highest BCUT2D eigenvalue weighted by atomic mass is 19.1. The molecule has 0 radical (unpaired) electrons. The van der Waals surface area contributed by atoms with Crippen LogP contribution in [0, 0.1) is 5.82 Å². The number of hydrogen-bond acceptors (Lipinski definition) is 2. The standard InChI is InChI=1S/C13H12FNO3/c1-2-3-4-5-12(16)15-11-8-9(14)6-7-10(11)13(17)18/h2-8H,1H3,(H,15,16)(H,17,18)/b3-2+,5-4+. The predicted octanol–water partition coefficient (Wildman–Crippen LogP) is 2.59. The van der Waals surface area contributed by atoms with E-state index >= 15 is 0 Å². The molecule has 2 N–H and O–H groups in total. The van der Waals surface area contributed by atoms with E-state index in [0.717, 1.165) is 18.2 Å². The van der Waals surface area contributed by atoms with Gasteiger partial charge in [0.25, 0.3) is 0 Å². The van der Waals surface area contributed by atoms with E-state index in [1.54, 1.807) is 19.1 Å². The first kappa shape index (κ1) is 13.6. The third kappa shape index (κ3) is 3.86. The molecule has 0 aliphatic rings. The van der Waals surface area contributed by atoms with Crippen molar-refractivity contribution in [2.45, 2.75) is 6.92 Å². The van der Waals surface area contributed by atoms with Gasteiger partial charge in [-0.25, -0.2) is 9.18 Å². The Morgan fingerprint density at radius 2 is 2.06 bits per heavy atom. The number of aromatic carboxylic acids is 1. The van der Waals surface area contributed by atoms with Crippen LogP contribution < -0.4 is 5.32 Å². The Hall–Kier alpha value is -2.43. The van der Waals surface area contributed by atoms with Crippen LogP contribution in [-0.2, 0) is 4.79 Å². The molecular formula is C13H12FNO3. The van der Waals surface area contributed by atoms with Crippen LogP contribution in [0.1, 0.15) is 17.3 Å². The lowest BCUT2D eigenvalue weighted by Crippen LogP contribution is -2.12. The second-order valence-corrected chi connectivity index (χ2v) is 3.37. The first-order valence-electron chi connectivity index (χ1n) is 5.17. The van der Waals surface area contributed by atoms with Gasteiger partial charge in [0.2, 0.25) is 5.91 Å². The average molecular weight is 249 g/mol. The molecule has 1 aromatic rings. The smallest absolute Gasteiger partial charge is 0.337 e. The van der Waals surface area contributed by atoms with Crippen molar-refractivity contribution in [1.82, 2.24) is 0 Å².